The predicted octanol–water partition coefficient (Wildman–Crippen LogP) is 1.88. The smallest absolute Gasteiger partial charge is 0.277 e. The first kappa shape index (κ1) is 16.9. The molecule has 0 saturated carbocycles. The Bertz CT molecular complexity index is 790. The third kappa shape index (κ3) is 2.69. The fraction of sp³-hybridized carbons (Fsp3) is 0.143. The van der Waals surface area contributed by atoms with Crippen LogP contribution in [0, 0.1) is 20.8 Å². The van der Waals surface area contributed by atoms with Gasteiger partial charge in [-0.2, -0.15) is 0 Å². The van der Waals surface area contributed by atoms with Crippen molar-refractivity contribution >= 4 is 34.4 Å². The molecule has 3 aromatic carbocycles. The summed E-state index contributed by atoms with van der Waals surface area (Å²) in [5.74, 6) is 0. The number of aryl methyl sites for hydroxylation is 1. The Morgan fingerprint density at radius 1 is 0.667 bits per heavy atom. The van der Waals surface area contributed by atoms with Gasteiger partial charge in [0, 0.05) is 0 Å². The molecule has 0 bridgehead atoms. The molecule has 0 atom stereocenters. The summed E-state index contributed by atoms with van der Waals surface area (Å²) in [6.07, 6.45) is 0. The van der Waals surface area contributed by atoms with Crippen molar-refractivity contribution in [3.05, 3.63) is 89.5 Å². The number of benzene rings is 3. The molecular weight excluding hydrogens is 324 g/mol. The van der Waals surface area contributed by atoms with Gasteiger partial charge in [-0.3, -0.25) is 0 Å². The lowest BCUT2D eigenvalue weighted by Gasteiger charge is -2.34. The van der Waals surface area contributed by atoms with Gasteiger partial charge in [-0.05, 0) is 53.0 Å². The summed E-state index contributed by atoms with van der Waals surface area (Å²) in [5, 5.41) is 4.01. The van der Waals surface area contributed by atoms with E-state index >= 15 is 0 Å². The summed E-state index contributed by atoms with van der Waals surface area (Å²) < 4.78 is 6.55. The van der Waals surface area contributed by atoms with Crippen molar-refractivity contribution in [3.63, 3.8) is 0 Å². The molecule has 122 valence electrons. The summed E-state index contributed by atoms with van der Waals surface area (Å²) in [6, 6.07) is 26.1. The molecule has 3 aromatic rings. The van der Waals surface area contributed by atoms with Gasteiger partial charge in [0.25, 0.3) is 8.32 Å². The highest BCUT2D eigenvalue weighted by Crippen LogP contribution is 2.16. The summed E-state index contributed by atoms with van der Waals surface area (Å²) >= 11 is 0. The number of hydrogen-bond donors (Lipinski definition) is 0. The minimum atomic E-state index is -2.43. The zero-order valence-corrected chi connectivity index (χ0v) is 17.8. The van der Waals surface area contributed by atoms with Crippen LogP contribution in [0.3, 0.4) is 0 Å². The van der Waals surface area contributed by atoms with Crippen LogP contribution in [-0.4, -0.2) is 18.8 Å². The van der Waals surface area contributed by atoms with E-state index in [0.717, 1.165) is 0 Å². The van der Waals surface area contributed by atoms with E-state index in [-0.39, 0.29) is 0 Å². The minimum absolute atomic E-state index is 0.706. The van der Waals surface area contributed by atoms with Gasteiger partial charge in [-0.1, -0.05) is 72.8 Å². The molecule has 0 aromatic heterocycles. The highest BCUT2D eigenvalue weighted by molar-refractivity contribution is 7.08. The van der Waals surface area contributed by atoms with E-state index in [1.54, 1.807) is 0 Å². The Hall–Kier alpha value is -1.95. The van der Waals surface area contributed by atoms with Gasteiger partial charge in [0.05, 0.1) is 0 Å². The predicted molar refractivity (Wildman–Crippen MR) is 109 cm³/mol. The SMILES string of the molecule is Cc1ccc([Si](O[SiH3])(c2ccccc2)c2ccccc2)c(C)c1C. The topological polar surface area (TPSA) is 9.23 Å². The van der Waals surface area contributed by atoms with Crippen LogP contribution in [0.1, 0.15) is 16.7 Å². The Morgan fingerprint density at radius 2 is 1.17 bits per heavy atom. The van der Waals surface area contributed by atoms with Crippen LogP contribution in [0.2, 0.25) is 0 Å². The standard InChI is InChI=1S/C21H24OSi2/c1-16-14-15-21(18(3)17(16)2)24(22-23,19-10-6-4-7-11-19)20-12-8-5-9-13-20/h4-15H,1-3,23H3. The van der Waals surface area contributed by atoms with Gasteiger partial charge >= 0.3 is 0 Å². The molecule has 0 N–H and O–H groups in total. The molecule has 0 fully saturated rings. The summed E-state index contributed by atoms with van der Waals surface area (Å²) in [5.41, 5.74) is 4.08. The summed E-state index contributed by atoms with van der Waals surface area (Å²) in [4.78, 5) is 0. The first-order chi connectivity index (χ1) is 11.6. The molecule has 24 heavy (non-hydrogen) atoms. The molecule has 0 radical (unpaired) electrons. The van der Waals surface area contributed by atoms with Gasteiger partial charge in [-0.25, -0.2) is 0 Å². The number of rotatable bonds is 4. The molecule has 0 aliphatic heterocycles. The van der Waals surface area contributed by atoms with Crippen molar-refractivity contribution in [2.45, 2.75) is 20.8 Å². The molecule has 0 saturated heterocycles. The lowest BCUT2D eigenvalue weighted by atomic mass is 10.1. The normalized spacial score (nSPS) is 11.6. The third-order valence-corrected chi connectivity index (χ3v) is 11.1. The van der Waals surface area contributed by atoms with Gasteiger partial charge in [0.1, 0.15) is 10.5 Å². The van der Waals surface area contributed by atoms with Crippen LogP contribution in [0.15, 0.2) is 72.8 Å². The Kier molecular flexibility index (Phi) is 4.85. The van der Waals surface area contributed by atoms with Crippen LogP contribution < -0.4 is 15.6 Å². The van der Waals surface area contributed by atoms with Crippen LogP contribution >= 0.6 is 0 Å². The van der Waals surface area contributed by atoms with Crippen LogP contribution in [0.25, 0.3) is 0 Å². The second kappa shape index (κ2) is 6.89. The summed E-state index contributed by atoms with van der Waals surface area (Å²) in [7, 11) is -1.73. The Balaban J connectivity index is 2.37. The lowest BCUT2D eigenvalue weighted by Crippen LogP contribution is -2.69. The van der Waals surface area contributed by atoms with E-state index in [2.05, 4.69) is 93.6 Å². The third-order valence-electron chi connectivity index (χ3n) is 5.10. The molecule has 0 spiro atoms. The van der Waals surface area contributed by atoms with Crippen molar-refractivity contribution in [1.29, 1.82) is 0 Å². The fourth-order valence-corrected chi connectivity index (χ4v) is 9.58. The van der Waals surface area contributed by atoms with Gasteiger partial charge in [0.15, 0.2) is 0 Å². The van der Waals surface area contributed by atoms with Gasteiger partial charge < -0.3 is 4.12 Å². The minimum Gasteiger partial charge on any atom is -0.454 e. The molecule has 3 rings (SSSR count). The highest BCUT2D eigenvalue weighted by Gasteiger charge is 2.41. The van der Waals surface area contributed by atoms with Gasteiger partial charge in [-0.15, -0.1) is 0 Å². The van der Waals surface area contributed by atoms with E-state index in [1.165, 1.54) is 32.3 Å². The average Bonchev–Trinajstić information content (AvgIpc) is 2.64. The second-order valence-corrected chi connectivity index (χ2v) is 11.0. The van der Waals surface area contributed by atoms with Crippen molar-refractivity contribution in [3.8, 4) is 0 Å². The fourth-order valence-electron chi connectivity index (χ4n) is 3.51. The van der Waals surface area contributed by atoms with E-state index in [1.807, 2.05) is 0 Å². The quantitative estimate of drug-likeness (QED) is 0.517. The first-order valence-electron chi connectivity index (χ1n) is 8.34. The Morgan fingerprint density at radius 3 is 1.62 bits per heavy atom. The zero-order valence-electron chi connectivity index (χ0n) is 14.8. The molecule has 0 unspecified atom stereocenters. The monoisotopic (exact) mass is 348 g/mol. The van der Waals surface area contributed by atoms with Crippen molar-refractivity contribution < 1.29 is 4.12 Å². The molecule has 0 amide bonds. The van der Waals surface area contributed by atoms with E-state index in [0.29, 0.717) is 10.5 Å². The lowest BCUT2D eigenvalue weighted by molar-refractivity contribution is 0.643. The van der Waals surface area contributed by atoms with Crippen molar-refractivity contribution in [1.82, 2.24) is 0 Å². The maximum atomic E-state index is 6.55. The van der Waals surface area contributed by atoms with Crippen molar-refractivity contribution in [2.75, 3.05) is 0 Å². The number of hydrogen-bond acceptors (Lipinski definition) is 1. The molecule has 0 heterocycles. The second-order valence-electron chi connectivity index (χ2n) is 6.30. The highest BCUT2D eigenvalue weighted by atomic mass is 28.4. The van der Waals surface area contributed by atoms with Crippen LogP contribution in [0.4, 0.5) is 0 Å². The van der Waals surface area contributed by atoms with E-state index in [9.17, 15) is 0 Å². The average molecular weight is 349 g/mol. The van der Waals surface area contributed by atoms with E-state index < -0.39 is 8.32 Å². The van der Waals surface area contributed by atoms with Gasteiger partial charge in [0.2, 0.25) is 0 Å². The molecular formula is C21H24OSi2. The zero-order chi connectivity index (χ0) is 17.2. The Labute approximate surface area is 149 Å². The maximum Gasteiger partial charge on any atom is 0.277 e. The van der Waals surface area contributed by atoms with Crippen LogP contribution in [-0.2, 0) is 4.12 Å². The largest absolute Gasteiger partial charge is 0.454 e. The van der Waals surface area contributed by atoms with Crippen molar-refractivity contribution in [2.24, 2.45) is 0 Å². The molecule has 0 aliphatic rings. The molecule has 0 aliphatic carbocycles. The van der Waals surface area contributed by atoms with E-state index in [4.69, 9.17) is 4.12 Å². The maximum absolute atomic E-state index is 6.55. The molecule has 1 nitrogen and oxygen atoms in total. The van der Waals surface area contributed by atoms with Crippen LogP contribution in [0.5, 0.6) is 0 Å². The molecule has 3 heteroatoms. The first-order valence-corrected chi connectivity index (χ1v) is 11.1. The summed E-state index contributed by atoms with van der Waals surface area (Å²) in [6.45, 7) is 6.64.